The molecule has 0 atom stereocenters. The smallest absolute Gasteiger partial charge is 0.340 e. The lowest BCUT2D eigenvalue weighted by atomic mass is 10.2. The number of nitrogens with two attached hydrogens (primary N) is 1. The van der Waals surface area contributed by atoms with Crippen LogP contribution in [0.2, 0.25) is 0 Å². The first-order valence-corrected chi connectivity index (χ1v) is 6.36. The van der Waals surface area contributed by atoms with Crippen LogP contribution in [0.25, 0.3) is 0 Å². The zero-order chi connectivity index (χ0) is 12.3. The maximum absolute atomic E-state index is 5.75. The molecule has 17 heavy (non-hydrogen) atoms. The predicted octanol–water partition coefficient (Wildman–Crippen LogP) is 1.79. The van der Waals surface area contributed by atoms with E-state index < -0.39 is 0 Å². The number of benzene rings is 1. The van der Waals surface area contributed by atoms with Gasteiger partial charge in [-0.05, 0) is 18.4 Å². The second kappa shape index (κ2) is 5.20. The average molecular weight is 250 g/mol. The van der Waals surface area contributed by atoms with E-state index >= 15 is 0 Å². The van der Waals surface area contributed by atoms with Gasteiger partial charge in [-0.3, -0.25) is 4.68 Å². The highest BCUT2D eigenvalue weighted by atomic mass is 32.2. The fraction of sp³-hybridized carbons (Fsp3) is 0.273. The molecule has 90 valence electrons. The van der Waals surface area contributed by atoms with E-state index in [0.717, 1.165) is 10.5 Å². The lowest BCUT2D eigenvalue weighted by molar-refractivity contribution is 0.432. The first kappa shape index (κ1) is 11.9. The minimum Gasteiger partial charge on any atom is -0.423 e. The van der Waals surface area contributed by atoms with Crippen LogP contribution in [0.5, 0.6) is 11.8 Å². The van der Waals surface area contributed by atoms with Gasteiger partial charge in [0, 0.05) is 24.1 Å². The van der Waals surface area contributed by atoms with Crippen molar-refractivity contribution < 1.29 is 4.74 Å². The van der Waals surface area contributed by atoms with Gasteiger partial charge >= 0.3 is 6.01 Å². The normalized spacial score (nSPS) is 10.5. The molecule has 0 aliphatic heterocycles. The molecule has 2 aromatic rings. The summed E-state index contributed by atoms with van der Waals surface area (Å²) in [5.74, 6) is 0.713. The number of aryl methyl sites for hydroxylation is 1. The number of aromatic nitrogens is 3. The van der Waals surface area contributed by atoms with Crippen LogP contribution in [0.15, 0.2) is 29.4 Å². The van der Waals surface area contributed by atoms with E-state index in [0.29, 0.717) is 18.3 Å². The molecule has 0 amide bonds. The summed E-state index contributed by atoms with van der Waals surface area (Å²) in [6, 6.07) is 6.16. The largest absolute Gasteiger partial charge is 0.423 e. The number of ether oxygens (including phenoxy) is 1. The van der Waals surface area contributed by atoms with E-state index in [-0.39, 0.29) is 0 Å². The van der Waals surface area contributed by atoms with Crippen molar-refractivity contribution in [3.05, 3.63) is 30.1 Å². The van der Waals surface area contributed by atoms with Crippen LogP contribution in [0, 0.1) is 0 Å². The summed E-state index contributed by atoms with van der Waals surface area (Å²) < 4.78 is 7.22. The SMILES string of the molecule is CSc1cccc(Oc2ncn(C)n2)c1CN. The summed E-state index contributed by atoms with van der Waals surface area (Å²) >= 11 is 1.64. The Morgan fingerprint density at radius 2 is 2.29 bits per heavy atom. The average Bonchev–Trinajstić information content (AvgIpc) is 2.74. The van der Waals surface area contributed by atoms with Crippen LogP contribution in [0.4, 0.5) is 0 Å². The Morgan fingerprint density at radius 1 is 1.47 bits per heavy atom. The van der Waals surface area contributed by atoms with Crippen LogP contribution in [0.3, 0.4) is 0 Å². The third-order valence-electron chi connectivity index (χ3n) is 2.29. The Morgan fingerprint density at radius 3 is 2.88 bits per heavy atom. The molecule has 0 aliphatic carbocycles. The molecule has 1 aromatic carbocycles. The van der Waals surface area contributed by atoms with E-state index in [9.17, 15) is 0 Å². The predicted molar refractivity (Wildman–Crippen MR) is 67.2 cm³/mol. The monoisotopic (exact) mass is 250 g/mol. The maximum atomic E-state index is 5.75. The van der Waals surface area contributed by atoms with Crippen molar-refractivity contribution >= 4 is 11.8 Å². The molecule has 1 aromatic heterocycles. The summed E-state index contributed by atoms with van der Waals surface area (Å²) in [6.07, 6.45) is 3.60. The number of rotatable bonds is 4. The fourth-order valence-corrected chi connectivity index (χ4v) is 2.14. The topological polar surface area (TPSA) is 66.0 Å². The van der Waals surface area contributed by atoms with Crippen molar-refractivity contribution in [2.75, 3.05) is 6.26 Å². The van der Waals surface area contributed by atoms with E-state index in [1.807, 2.05) is 24.5 Å². The van der Waals surface area contributed by atoms with E-state index in [1.54, 1.807) is 29.8 Å². The molecule has 0 aliphatic rings. The Kier molecular flexibility index (Phi) is 3.65. The molecule has 0 radical (unpaired) electrons. The first-order valence-electron chi connectivity index (χ1n) is 5.14. The van der Waals surface area contributed by atoms with Crippen molar-refractivity contribution in [1.82, 2.24) is 14.8 Å². The molecule has 0 saturated heterocycles. The van der Waals surface area contributed by atoms with Gasteiger partial charge in [-0.1, -0.05) is 6.07 Å². The third-order valence-corrected chi connectivity index (χ3v) is 3.12. The van der Waals surface area contributed by atoms with Gasteiger partial charge in [0.25, 0.3) is 0 Å². The van der Waals surface area contributed by atoms with E-state index in [1.165, 1.54) is 0 Å². The minimum atomic E-state index is 0.334. The molecule has 0 bridgehead atoms. The molecule has 5 nitrogen and oxygen atoms in total. The molecule has 1 heterocycles. The second-order valence-corrected chi connectivity index (χ2v) is 4.29. The molecule has 6 heteroatoms. The van der Waals surface area contributed by atoms with Crippen molar-refractivity contribution in [2.24, 2.45) is 12.8 Å². The zero-order valence-electron chi connectivity index (χ0n) is 9.75. The summed E-state index contributed by atoms with van der Waals surface area (Å²) in [5.41, 5.74) is 6.73. The van der Waals surface area contributed by atoms with Crippen LogP contribution < -0.4 is 10.5 Å². The summed E-state index contributed by atoms with van der Waals surface area (Å²) in [5, 5.41) is 4.07. The lowest BCUT2D eigenvalue weighted by Crippen LogP contribution is -2.02. The third kappa shape index (κ3) is 2.59. The van der Waals surface area contributed by atoms with Gasteiger partial charge in [0.2, 0.25) is 0 Å². The van der Waals surface area contributed by atoms with Gasteiger partial charge in [0.15, 0.2) is 0 Å². The Hall–Kier alpha value is -1.53. The lowest BCUT2D eigenvalue weighted by Gasteiger charge is -2.10. The Bertz CT molecular complexity index is 512. The van der Waals surface area contributed by atoms with Gasteiger partial charge in [-0.2, -0.15) is 4.98 Å². The molecule has 2 N–H and O–H groups in total. The van der Waals surface area contributed by atoms with Crippen molar-refractivity contribution in [3.8, 4) is 11.8 Å². The standard InChI is InChI=1S/C11H14N4OS/c1-15-7-13-11(14-15)16-9-4-3-5-10(17-2)8(9)6-12/h3-5,7H,6,12H2,1-2H3. The highest BCUT2D eigenvalue weighted by Gasteiger charge is 2.10. The van der Waals surface area contributed by atoms with Crippen molar-refractivity contribution in [1.29, 1.82) is 0 Å². The van der Waals surface area contributed by atoms with Gasteiger partial charge in [0.05, 0.1) is 0 Å². The summed E-state index contributed by atoms with van der Waals surface area (Å²) in [4.78, 5) is 5.14. The number of nitrogens with zero attached hydrogens (tertiary/aromatic N) is 3. The van der Waals surface area contributed by atoms with Crippen LogP contribution in [0.1, 0.15) is 5.56 Å². The van der Waals surface area contributed by atoms with Crippen molar-refractivity contribution in [3.63, 3.8) is 0 Å². The molecular formula is C11H14N4OS. The van der Waals surface area contributed by atoms with E-state index in [4.69, 9.17) is 10.5 Å². The van der Waals surface area contributed by atoms with Crippen molar-refractivity contribution in [2.45, 2.75) is 11.4 Å². The molecule has 0 unspecified atom stereocenters. The highest BCUT2D eigenvalue weighted by molar-refractivity contribution is 7.98. The molecule has 0 fully saturated rings. The van der Waals surface area contributed by atoms with Gasteiger partial charge in [0.1, 0.15) is 12.1 Å². The Balaban J connectivity index is 2.32. The summed E-state index contributed by atoms with van der Waals surface area (Å²) in [6.45, 7) is 0.430. The number of hydrogen-bond donors (Lipinski definition) is 1. The van der Waals surface area contributed by atoms with Gasteiger partial charge in [-0.15, -0.1) is 16.9 Å². The van der Waals surface area contributed by atoms with Gasteiger partial charge in [-0.25, -0.2) is 0 Å². The highest BCUT2D eigenvalue weighted by Crippen LogP contribution is 2.30. The maximum Gasteiger partial charge on any atom is 0.340 e. The summed E-state index contributed by atoms with van der Waals surface area (Å²) in [7, 11) is 1.79. The molecule has 0 spiro atoms. The molecule has 2 rings (SSSR count). The van der Waals surface area contributed by atoms with Crippen LogP contribution in [-0.4, -0.2) is 21.0 Å². The van der Waals surface area contributed by atoms with Gasteiger partial charge < -0.3 is 10.5 Å². The van der Waals surface area contributed by atoms with E-state index in [2.05, 4.69) is 10.1 Å². The molecular weight excluding hydrogens is 236 g/mol. The fourth-order valence-electron chi connectivity index (χ4n) is 1.50. The minimum absolute atomic E-state index is 0.334. The second-order valence-electron chi connectivity index (χ2n) is 3.44. The van der Waals surface area contributed by atoms with Crippen LogP contribution in [-0.2, 0) is 13.6 Å². The van der Waals surface area contributed by atoms with Crippen LogP contribution >= 0.6 is 11.8 Å². The molecule has 0 saturated carbocycles. The first-order chi connectivity index (χ1) is 8.24. The number of hydrogen-bond acceptors (Lipinski definition) is 5. The Labute approximate surface area is 104 Å². The zero-order valence-corrected chi connectivity index (χ0v) is 10.6. The number of thioether (sulfide) groups is 1. The quantitative estimate of drug-likeness (QED) is 0.838.